The second-order valence-corrected chi connectivity index (χ2v) is 11.9. The van der Waals surface area contributed by atoms with E-state index in [0.29, 0.717) is 5.92 Å². The van der Waals surface area contributed by atoms with Gasteiger partial charge in [0.25, 0.3) is 0 Å². The van der Waals surface area contributed by atoms with Gasteiger partial charge in [-0.25, -0.2) is 16.8 Å². The number of nitrogens with zero attached hydrogens (tertiary/aromatic N) is 2. The minimum Gasteiger partial charge on any atom is -0.207 e. The summed E-state index contributed by atoms with van der Waals surface area (Å²) in [6.45, 7) is 4.37. The summed E-state index contributed by atoms with van der Waals surface area (Å²) in [5.41, 5.74) is 1.09. The summed E-state index contributed by atoms with van der Waals surface area (Å²) < 4.78 is 54.4. The van der Waals surface area contributed by atoms with E-state index in [9.17, 15) is 16.8 Å². The molecule has 6 nitrogen and oxygen atoms in total. The van der Waals surface area contributed by atoms with Crippen molar-refractivity contribution >= 4 is 43.2 Å². The van der Waals surface area contributed by atoms with Crippen LogP contribution in [-0.4, -0.2) is 51.6 Å². The molecule has 3 rings (SSSR count). The molecule has 2 aromatic rings. The van der Waals surface area contributed by atoms with Crippen molar-refractivity contribution < 1.29 is 16.8 Å². The molecular weight excluding hydrogens is 467 g/mol. The molecule has 0 aromatic heterocycles. The predicted molar refractivity (Wildman–Crippen MR) is 119 cm³/mol. The highest BCUT2D eigenvalue weighted by atomic mass is 35.5. The van der Waals surface area contributed by atoms with Crippen molar-refractivity contribution in [2.75, 3.05) is 26.2 Å². The molecule has 0 saturated carbocycles. The Hall–Kier alpha value is -1.16. The highest BCUT2D eigenvalue weighted by Crippen LogP contribution is 2.29. The van der Waals surface area contributed by atoms with E-state index in [0.717, 1.165) is 12.0 Å². The van der Waals surface area contributed by atoms with E-state index < -0.39 is 20.0 Å². The lowest BCUT2D eigenvalue weighted by molar-refractivity contribution is 0.273. The molecule has 0 aliphatic carbocycles. The maximum Gasteiger partial charge on any atom is 0.244 e. The van der Waals surface area contributed by atoms with Crippen LogP contribution in [0.3, 0.4) is 0 Å². The smallest absolute Gasteiger partial charge is 0.207 e. The predicted octanol–water partition coefficient (Wildman–Crippen LogP) is 4.20. The number of rotatable bonds is 6. The molecule has 2 aromatic carbocycles. The van der Waals surface area contributed by atoms with Gasteiger partial charge in [0.05, 0.1) is 9.92 Å². The van der Waals surface area contributed by atoms with Crippen LogP contribution in [0.2, 0.25) is 10.0 Å². The zero-order chi connectivity index (χ0) is 22.1. The van der Waals surface area contributed by atoms with Crippen LogP contribution in [0.25, 0.3) is 0 Å². The van der Waals surface area contributed by atoms with E-state index in [1.54, 1.807) is 12.1 Å². The van der Waals surface area contributed by atoms with Crippen LogP contribution >= 0.6 is 23.2 Å². The third-order valence-corrected chi connectivity index (χ3v) is 9.94. The van der Waals surface area contributed by atoms with E-state index in [-0.39, 0.29) is 46.0 Å². The first-order valence-corrected chi connectivity index (χ1v) is 13.3. The van der Waals surface area contributed by atoms with Crippen molar-refractivity contribution in [1.29, 1.82) is 0 Å². The summed E-state index contributed by atoms with van der Waals surface area (Å²) in [6, 6.07) is 11.2. The van der Waals surface area contributed by atoms with E-state index in [1.165, 1.54) is 26.8 Å². The number of benzene rings is 2. The fourth-order valence-corrected chi connectivity index (χ4v) is 6.90. The van der Waals surface area contributed by atoms with Gasteiger partial charge < -0.3 is 0 Å². The van der Waals surface area contributed by atoms with Gasteiger partial charge in [-0.15, -0.1) is 0 Å². The van der Waals surface area contributed by atoms with Crippen LogP contribution < -0.4 is 0 Å². The average Bonchev–Trinajstić information content (AvgIpc) is 2.75. The Balaban J connectivity index is 1.75. The van der Waals surface area contributed by atoms with Crippen LogP contribution in [0.15, 0.2) is 52.3 Å². The molecule has 0 bridgehead atoms. The van der Waals surface area contributed by atoms with Crippen molar-refractivity contribution in [2.24, 2.45) is 0 Å². The molecule has 1 aliphatic rings. The molecule has 1 saturated heterocycles. The van der Waals surface area contributed by atoms with Crippen molar-refractivity contribution in [3.8, 4) is 0 Å². The van der Waals surface area contributed by atoms with Gasteiger partial charge in [0, 0.05) is 31.2 Å². The monoisotopic (exact) mass is 490 g/mol. The van der Waals surface area contributed by atoms with Crippen LogP contribution in [0.1, 0.15) is 31.7 Å². The maximum absolute atomic E-state index is 13.0. The van der Waals surface area contributed by atoms with Crippen LogP contribution in [0, 0.1) is 0 Å². The van der Waals surface area contributed by atoms with E-state index >= 15 is 0 Å². The largest absolute Gasteiger partial charge is 0.244 e. The minimum atomic E-state index is -3.87. The summed E-state index contributed by atoms with van der Waals surface area (Å²) in [5, 5.41) is 0.343. The highest BCUT2D eigenvalue weighted by molar-refractivity contribution is 7.89. The normalized spacial score (nSPS) is 17.7. The number of piperazine rings is 1. The van der Waals surface area contributed by atoms with Gasteiger partial charge in [0.15, 0.2) is 0 Å². The molecule has 10 heteroatoms. The van der Waals surface area contributed by atoms with E-state index in [1.807, 2.05) is 12.1 Å². The quantitative estimate of drug-likeness (QED) is 0.607. The Morgan fingerprint density at radius 3 is 1.93 bits per heavy atom. The molecule has 0 amide bonds. The Morgan fingerprint density at radius 1 is 0.867 bits per heavy atom. The second-order valence-electron chi connectivity index (χ2n) is 7.26. The SMILES string of the molecule is CC[C@H](C)c1ccc(S(=O)(=O)N2CCN(S(=O)(=O)c3cc(Cl)ccc3Cl)CC2)cc1. The van der Waals surface area contributed by atoms with Gasteiger partial charge in [-0.1, -0.05) is 49.2 Å². The first-order chi connectivity index (χ1) is 14.1. The molecule has 30 heavy (non-hydrogen) atoms. The molecule has 0 radical (unpaired) electrons. The summed E-state index contributed by atoms with van der Waals surface area (Å²) in [6.07, 6.45) is 0.971. The topological polar surface area (TPSA) is 74.8 Å². The Labute approximate surface area is 188 Å². The van der Waals surface area contributed by atoms with Crippen molar-refractivity contribution in [2.45, 2.75) is 36.0 Å². The first-order valence-electron chi connectivity index (χ1n) is 9.62. The van der Waals surface area contributed by atoms with Crippen molar-refractivity contribution in [3.05, 3.63) is 58.1 Å². The Morgan fingerprint density at radius 2 is 1.40 bits per heavy atom. The number of sulfonamides is 2. The van der Waals surface area contributed by atoms with Gasteiger partial charge in [-0.3, -0.25) is 0 Å². The molecule has 0 N–H and O–H groups in total. The lowest BCUT2D eigenvalue weighted by Gasteiger charge is -2.33. The fraction of sp³-hybridized carbons (Fsp3) is 0.400. The van der Waals surface area contributed by atoms with Gasteiger partial charge in [0.2, 0.25) is 20.0 Å². The molecule has 1 atom stereocenters. The summed E-state index contributed by atoms with van der Waals surface area (Å²) >= 11 is 12.0. The third kappa shape index (κ3) is 4.69. The highest BCUT2D eigenvalue weighted by Gasteiger charge is 2.34. The summed E-state index contributed by atoms with van der Waals surface area (Å²) in [4.78, 5) is 0.136. The van der Waals surface area contributed by atoms with Gasteiger partial charge in [-0.05, 0) is 48.2 Å². The van der Waals surface area contributed by atoms with Crippen molar-refractivity contribution in [1.82, 2.24) is 8.61 Å². The van der Waals surface area contributed by atoms with E-state index in [2.05, 4.69) is 13.8 Å². The number of hydrogen-bond acceptors (Lipinski definition) is 4. The molecule has 1 fully saturated rings. The minimum absolute atomic E-state index is 0.0371. The molecule has 1 aliphatic heterocycles. The molecular formula is C20H24Cl2N2O4S2. The van der Waals surface area contributed by atoms with Gasteiger partial charge >= 0.3 is 0 Å². The van der Waals surface area contributed by atoms with Gasteiger partial charge in [0.1, 0.15) is 4.90 Å². The maximum atomic E-state index is 13.0. The third-order valence-electron chi connectivity index (χ3n) is 5.41. The zero-order valence-electron chi connectivity index (χ0n) is 16.8. The van der Waals surface area contributed by atoms with Gasteiger partial charge in [-0.2, -0.15) is 8.61 Å². The average molecular weight is 491 g/mol. The molecule has 164 valence electrons. The summed E-state index contributed by atoms with van der Waals surface area (Å²) in [7, 11) is -7.57. The molecule has 1 heterocycles. The summed E-state index contributed by atoms with van der Waals surface area (Å²) in [5.74, 6) is 0.355. The fourth-order valence-electron chi connectivity index (χ4n) is 3.32. The lowest BCUT2D eigenvalue weighted by Crippen LogP contribution is -2.50. The van der Waals surface area contributed by atoms with Crippen LogP contribution in [0.5, 0.6) is 0 Å². The Bertz CT molecular complexity index is 1110. The zero-order valence-corrected chi connectivity index (χ0v) is 19.9. The first kappa shape index (κ1) is 23.5. The molecule has 0 spiro atoms. The van der Waals surface area contributed by atoms with Crippen LogP contribution in [-0.2, 0) is 20.0 Å². The Kier molecular flexibility index (Phi) is 7.16. The molecule has 0 unspecified atom stereocenters. The van der Waals surface area contributed by atoms with Crippen LogP contribution in [0.4, 0.5) is 0 Å². The standard InChI is InChI=1S/C20H24Cl2N2O4S2/c1-3-15(2)16-4-7-18(8-5-16)29(25,26)23-10-12-24(13-11-23)30(27,28)20-14-17(21)6-9-19(20)22/h4-9,14-15H,3,10-13H2,1-2H3/t15-/m0/s1. The lowest BCUT2D eigenvalue weighted by atomic mass is 9.99. The number of halogens is 2. The number of hydrogen-bond donors (Lipinski definition) is 0. The van der Waals surface area contributed by atoms with E-state index in [4.69, 9.17) is 23.2 Å². The van der Waals surface area contributed by atoms with Crippen molar-refractivity contribution in [3.63, 3.8) is 0 Å². The second kappa shape index (κ2) is 9.14.